The summed E-state index contributed by atoms with van der Waals surface area (Å²) in [5.74, 6) is 0.527. The third-order valence-corrected chi connectivity index (χ3v) is 3.58. The highest BCUT2D eigenvalue weighted by Gasteiger charge is 2.30. The quantitative estimate of drug-likeness (QED) is 0.662. The SMILES string of the molecule is CC(C)NC(N)=NC1CC(c2ccc(F)c(Cl)c2)C1. The van der Waals surface area contributed by atoms with Crippen molar-refractivity contribution in [2.24, 2.45) is 10.7 Å². The second-order valence-corrected chi connectivity index (χ2v) is 5.72. The van der Waals surface area contributed by atoms with E-state index in [0.29, 0.717) is 11.9 Å². The summed E-state index contributed by atoms with van der Waals surface area (Å²) >= 11 is 5.78. The van der Waals surface area contributed by atoms with E-state index in [1.54, 1.807) is 12.1 Å². The van der Waals surface area contributed by atoms with Gasteiger partial charge >= 0.3 is 0 Å². The van der Waals surface area contributed by atoms with Gasteiger partial charge in [0.25, 0.3) is 0 Å². The largest absolute Gasteiger partial charge is 0.370 e. The summed E-state index contributed by atoms with van der Waals surface area (Å²) in [5, 5.41) is 3.26. The standard InChI is InChI=1S/C14H19ClFN3/c1-8(2)18-14(17)19-11-5-10(6-11)9-3-4-13(16)12(15)7-9/h3-4,7-8,10-11H,5-6H2,1-2H3,(H3,17,18,19). The number of nitrogens with two attached hydrogens (primary N) is 1. The van der Waals surface area contributed by atoms with Crippen molar-refractivity contribution in [2.45, 2.75) is 44.7 Å². The van der Waals surface area contributed by atoms with Crippen molar-refractivity contribution in [1.82, 2.24) is 5.32 Å². The molecule has 3 nitrogen and oxygen atoms in total. The van der Waals surface area contributed by atoms with Gasteiger partial charge in [0.05, 0.1) is 11.1 Å². The summed E-state index contributed by atoms with van der Waals surface area (Å²) in [6.07, 6.45) is 1.87. The van der Waals surface area contributed by atoms with Crippen molar-refractivity contribution in [3.63, 3.8) is 0 Å². The molecule has 0 atom stereocenters. The molecule has 1 fully saturated rings. The first-order valence-electron chi connectivity index (χ1n) is 6.50. The molecule has 104 valence electrons. The van der Waals surface area contributed by atoms with Gasteiger partial charge in [-0.05, 0) is 50.3 Å². The van der Waals surface area contributed by atoms with E-state index in [2.05, 4.69) is 10.3 Å². The number of rotatable bonds is 3. The molecule has 0 spiro atoms. The number of hydrogen-bond donors (Lipinski definition) is 2. The zero-order valence-electron chi connectivity index (χ0n) is 11.2. The molecule has 1 aliphatic rings. The molecule has 2 rings (SSSR count). The molecule has 5 heteroatoms. The molecule has 0 amide bonds. The van der Waals surface area contributed by atoms with Gasteiger partial charge in [0, 0.05) is 6.04 Å². The fraction of sp³-hybridized carbons (Fsp3) is 0.500. The van der Waals surface area contributed by atoms with Crippen molar-refractivity contribution >= 4 is 17.6 Å². The van der Waals surface area contributed by atoms with E-state index in [1.165, 1.54) is 6.07 Å². The molecule has 0 saturated heterocycles. The molecule has 1 aliphatic carbocycles. The van der Waals surface area contributed by atoms with Gasteiger partial charge in [-0.2, -0.15) is 0 Å². The number of nitrogens with zero attached hydrogens (tertiary/aromatic N) is 1. The van der Waals surface area contributed by atoms with Gasteiger partial charge in [0.2, 0.25) is 0 Å². The van der Waals surface area contributed by atoms with Crippen LogP contribution in [0.2, 0.25) is 5.02 Å². The Bertz CT molecular complexity index is 482. The van der Waals surface area contributed by atoms with E-state index in [1.807, 2.05) is 13.8 Å². The lowest BCUT2D eigenvalue weighted by molar-refractivity contribution is 0.352. The van der Waals surface area contributed by atoms with Gasteiger partial charge in [-0.15, -0.1) is 0 Å². The highest BCUT2D eigenvalue weighted by Crippen LogP contribution is 2.39. The van der Waals surface area contributed by atoms with Gasteiger partial charge in [-0.1, -0.05) is 17.7 Å². The summed E-state index contributed by atoms with van der Waals surface area (Å²) in [7, 11) is 0. The molecule has 0 radical (unpaired) electrons. The molecule has 1 saturated carbocycles. The van der Waals surface area contributed by atoms with Crippen LogP contribution < -0.4 is 11.1 Å². The van der Waals surface area contributed by atoms with Crippen LogP contribution in [0.3, 0.4) is 0 Å². The maximum absolute atomic E-state index is 13.1. The molecule has 0 aromatic heterocycles. The summed E-state index contributed by atoms with van der Waals surface area (Å²) < 4.78 is 13.1. The number of aliphatic imine (C=N–C) groups is 1. The van der Waals surface area contributed by atoms with E-state index >= 15 is 0 Å². The van der Waals surface area contributed by atoms with Crippen molar-refractivity contribution in [2.75, 3.05) is 0 Å². The summed E-state index contributed by atoms with van der Waals surface area (Å²) in [4.78, 5) is 4.41. The number of nitrogens with one attached hydrogen (secondary N) is 1. The second-order valence-electron chi connectivity index (χ2n) is 5.31. The molecule has 1 aromatic carbocycles. The Hall–Kier alpha value is -1.29. The zero-order chi connectivity index (χ0) is 14.0. The van der Waals surface area contributed by atoms with Crippen molar-refractivity contribution in [3.8, 4) is 0 Å². The fourth-order valence-electron chi connectivity index (χ4n) is 2.26. The maximum Gasteiger partial charge on any atom is 0.189 e. The third-order valence-electron chi connectivity index (χ3n) is 3.29. The topological polar surface area (TPSA) is 50.4 Å². The first-order valence-corrected chi connectivity index (χ1v) is 6.88. The van der Waals surface area contributed by atoms with Crippen LogP contribution in [0.5, 0.6) is 0 Å². The number of halogens is 2. The lowest BCUT2D eigenvalue weighted by atomic mass is 9.76. The van der Waals surface area contributed by atoms with Crippen LogP contribution in [0.25, 0.3) is 0 Å². The average molecular weight is 284 g/mol. The predicted octanol–water partition coefficient (Wildman–Crippen LogP) is 3.04. The van der Waals surface area contributed by atoms with Crippen LogP contribution in [0.1, 0.15) is 38.2 Å². The van der Waals surface area contributed by atoms with E-state index in [9.17, 15) is 4.39 Å². The van der Waals surface area contributed by atoms with Gasteiger partial charge in [0.1, 0.15) is 5.82 Å². The molecule has 0 bridgehead atoms. The van der Waals surface area contributed by atoms with Gasteiger partial charge in [-0.25, -0.2) is 4.39 Å². The Labute approximate surface area is 118 Å². The third kappa shape index (κ3) is 3.60. The zero-order valence-corrected chi connectivity index (χ0v) is 11.9. The van der Waals surface area contributed by atoms with Crippen molar-refractivity contribution < 1.29 is 4.39 Å². The normalized spacial score (nSPS) is 23.3. The van der Waals surface area contributed by atoms with Crippen LogP contribution in [0.15, 0.2) is 23.2 Å². The number of hydrogen-bond acceptors (Lipinski definition) is 1. The fourth-order valence-corrected chi connectivity index (χ4v) is 2.45. The predicted molar refractivity (Wildman–Crippen MR) is 77.1 cm³/mol. The van der Waals surface area contributed by atoms with Crippen molar-refractivity contribution in [1.29, 1.82) is 0 Å². The minimum atomic E-state index is -0.371. The van der Waals surface area contributed by atoms with Gasteiger partial charge < -0.3 is 11.1 Å². The molecule has 0 aliphatic heterocycles. The smallest absolute Gasteiger partial charge is 0.189 e. The number of guanidine groups is 1. The minimum Gasteiger partial charge on any atom is -0.370 e. The van der Waals surface area contributed by atoms with Crippen LogP contribution in [-0.2, 0) is 0 Å². The monoisotopic (exact) mass is 283 g/mol. The molecule has 0 unspecified atom stereocenters. The van der Waals surface area contributed by atoms with Crippen LogP contribution in [0, 0.1) is 5.82 Å². The van der Waals surface area contributed by atoms with Gasteiger partial charge in [-0.3, -0.25) is 4.99 Å². The second kappa shape index (κ2) is 5.78. The minimum absolute atomic E-state index is 0.186. The van der Waals surface area contributed by atoms with E-state index in [0.717, 1.165) is 18.4 Å². The Kier molecular flexibility index (Phi) is 4.30. The van der Waals surface area contributed by atoms with Crippen LogP contribution in [-0.4, -0.2) is 18.0 Å². The summed E-state index contributed by atoms with van der Waals surface area (Å²) in [6, 6.07) is 5.46. The Balaban J connectivity index is 1.90. The van der Waals surface area contributed by atoms with Gasteiger partial charge in [0.15, 0.2) is 5.96 Å². The lowest BCUT2D eigenvalue weighted by Gasteiger charge is -2.33. The number of benzene rings is 1. The lowest BCUT2D eigenvalue weighted by Crippen LogP contribution is -2.39. The molecular weight excluding hydrogens is 265 g/mol. The van der Waals surface area contributed by atoms with E-state index in [4.69, 9.17) is 17.3 Å². The summed E-state index contributed by atoms with van der Waals surface area (Å²) in [6.45, 7) is 4.04. The van der Waals surface area contributed by atoms with E-state index in [-0.39, 0.29) is 22.9 Å². The first kappa shape index (κ1) is 14.1. The molecule has 1 aromatic rings. The van der Waals surface area contributed by atoms with Crippen molar-refractivity contribution in [3.05, 3.63) is 34.6 Å². The molecule has 19 heavy (non-hydrogen) atoms. The molecule has 0 heterocycles. The Morgan fingerprint density at radius 3 is 2.74 bits per heavy atom. The molecular formula is C14H19ClFN3. The first-order chi connectivity index (χ1) is 8.95. The highest BCUT2D eigenvalue weighted by molar-refractivity contribution is 6.30. The molecule has 3 N–H and O–H groups in total. The summed E-state index contributed by atoms with van der Waals surface area (Å²) in [5.41, 5.74) is 6.86. The Morgan fingerprint density at radius 1 is 1.47 bits per heavy atom. The average Bonchev–Trinajstić information content (AvgIpc) is 2.26. The van der Waals surface area contributed by atoms with Crippen LogP contribution >= 0.6 is 11.6 Å². The maximum atomic E-state index is 13.1. The van der Waals surface area contributed by atoms with Crippen LogP contribution in [0.4, 0.5) is 4.39 Å². The van der Waals surface area contributed by atoms with E-state index < -0.39 is 0 Å². The highest BCUT2D eigenvalue weighted by atomic mass is 35.5. The Morgan fingerprint density at radius 2 is 2.16 bits per heavy atom.